The van der Waals surface area contributed by atoms with Crippen LogP contribution in [-0.4, -0.2) is 38.0 Å². The Kier molecular flexibility index (Phi) is 3.22. The highest BCUT2D eigenvalue weighted by molar-refractivity contribution is 7.99. The largest absolute Gasteiger partial charge is 0.368 e. The third-order valence-electron chi connectivity index (χ3n) is 3.20. The highest BCUT2D eigenvalue weighted by Crippen LogP contribution is 2.24. The molecule has 0 amide bonds. The van der Waals surface area contributed by atoms with Gasteiger partial charge in [0.2, 0.25) is 5.95 Å². The number of aromatic nitrogens is 4. The zero-order valence-corrected chi connectivity index (χ0v) is 10.8. The van der Waals surface area contributed by atoms with E-state index < -0.39 is 0 Å². The Morgan fingerprint density at radius 1 is 1.39 bits per heavy atom. The fourth-order valence-corrected chi connectivity index (χ4v) is 3.37. The van der Waals surface area contributed by atoms with Crippen molar-refractivity contribution in [2.75, 3.05) is 29.1 Å². The lowest BCUT2D eigenvalue weighted by atomic mass is 10.0. The van der Waals surface area contributed by atoms with Crippen LogP contribution in [0.5, 0.6) is 0 Å². The lowest BCUT2D eigenvalue weighted by Crippen LogP contribution is -2.20. The number of imidazole rings is 1. The van der Waals surface area contributed by atoms with Crippen molar-refractivity contribution in [1.82, 2.24) is 19.9 Å². The number of aromatic amines is 1. The maximum atomic E-state index is 5.67. The molecule has 1 saturated heterocycles. The van der Waals surface area contributed by atoms with E-state index in [1.165, 1.54) is 24.3 Å². The summed E-state index contributed by atoms with van der Waals surface area (Å²) in [6.07, 6.45) is 4.15. The number of hydrogen-bond acceptors (Lipinski definition) is 6. The summed E-state index contributed by atoms with van der Waals surface area (Å²) in [5.41, 5.74) is 7.12. The molecule has 3 rings (SSSR count). The maximum absolute atomic E-state index is 5.67. The van der Waals surface area contributed by atoms with Gasteiger partial charge in [0, 0.05) is 6.54 Å². The normalized spacial score (nSPS) is 17.1. The van der Waals surface area contributed by atoms with Crippen molar-refractivity contribution in [3.63, 3.8) is 0 Å². The van der Waals surface area contributed by atoms with E-state index in [4.69, 9.17) is 5.73 Å². The van der Waals surface area contributed by atoms with Crippen LogP contribution < -0.4 is 11.1 Å². The molecule has 7 heteroatoms. The molecule has 0 aromatic carbocycles. The second kappa shape index (κ2) is 5.01. The van der Waals surface area contributed by atoms with E-state index in [-0.39, 0.29) is 5.95 Å². The number of nitrogen functional groups attached to an aromatic ring is 1. The molecule has 0 radical (unpaired) electrons. The van der Waals surface area contributed by atoms with Crippen LogP contribution in [0.4, 0.5) is 11.8 Å². The fourth-order valence-electron chi connectivity index (χ4n) is 2.17. The third kappa shape index (κ3) is 2.35. The molecule has 0 atom stereocenters. The first-order valence-electron chi connectivity index (χ1n) is 6.11. The topological polar surface area (TPSA) is 92.5 Å². The number of H-pyrrole nitrogens is 1. The number of hydrogen-bond donors (Lipinski definition) is 3. The van der Waals surface area contributed by atoms with E-state index >= 15 is 0 Å². The molecule has 0 unspecified atom stereocenters. The number of thioether (sulfide) groups is 1. The van der Waals surface area contributed by atoms with Gasteiger partial charge in [-0.1, -0.05) is 0 Å². The van der Waals surface area contributed by atoms with Gasteiger partial charge in [0.15, 0.2) is 11.5 Å². The zero-order valence-electron chi connectivity index (χ0n) is 10.0. The van der Waals surface area contributed by atoms with Gasteiger partial charge in [-0.3, -0.25) is 0 Å². The van der Waals surface area contributed by atoms with Crippen molar-refractivity contribution in [3.05, 3.63) is 6.33 Å². The molecule has 0 saturated carbocycles. The molecule has 3 heterocycles. The Bertz CT molecular complexity index is 533. The standard InChI is InChI=1S/C11H16N6S/c12-11-16-9(8-10(17-11)15-6-14-8)13-5-7-1-3-18-4-2-7/h6-7H,1-5H2,(H4,12,13,14,15,16,17). The van der Waals surface area contributed by atoms with Crippen LogP contribution >= 0.6 is 11.8 Å². The van der Waals surface area contributed by atoms with Crippen LogP contribution in [0.25, 0.3) is 11.2 Å². The van der Waals surface area contributed by atoms with Gasteiger partial charge >= 0.3 is 0 Å². The Labute approximate surface area is 109 Å². The molecule has 18 heavy (non-hydrogen) atoms. The lowest BCUT2D eigenvalue weighted by Gasteiger charge is -2.21. The van der Waals surface area contributed by atoms with Crippen molar-refractivity contribution < 1.29 is 0 Å². The minimum Gasteiger partial charge on any atom is -0.368 e. The predicted octanol–water partition coefficient (Wildman–Crippen LogP) is 1.49. The van der Waals surface area contributed by atoms with Gasteiger partial charge in [-0.2, -0.15) is 21.7 Å². The third-order valence-corrected chi connectivity index (χ3v) is 4.25. The van der Waals surface area contributed by atoms with Crippen LogP contribution in [0.2, 0.25) is 0 Å². The van der Waals surface area contributed by atoms with Crippen molar-refractivity contribution in [2.45, 2.75) is 12.8 Å². The van der Waals surface area contributed by atoms with Gasteiger partial charge in [-0.25, -0.2) is 4.98 Å². The molecule has 0 spiro atoms. The average molecular weight is 264 g/mol. The molecular formula is C11H16N6S. The molecule has 2 aromatic heterocycles. The van der Waals surface area contributed by atoms with Crippen molar-refractivity contribution in [2.24, 2.45) is 5.92 Å². The highest BCUT2D eigenvalue weighted by Gasteiger charge is 2.15. The SMILES string of the molecule is Nc1nc(NCC2CCSCC2)c2[nH]cnc2n1. The van der Waals surface area contributed by atoms with Crippen molar-refractivity contribution >= 4 is 34.7 Å². The molecule has 1 fully saturated rings. The Morgan fingerprint density at radius 3 is 3.06 bits per heavy atom. The lowest BCUT2D eigenvalue weighted by molar-refractivity contribution is 0.515. The number of nitrogens with two attached hydrogens (primary N) is 1. The Morgan fingerprint density at radius 2 is 2.22 bits per heavy atom. The van der Waals surface area contributed by atoms with E-state index in [2.05, 4.69) is 25.3 Å². The molecule has 4 N–H and O–H groups in total. The molecular weight excluding hydrogens is 248 g/mol. The summed E-state index contributed by atoms with van der Waals surface area (Å²) < 4.78 is 0. The van der Waals surface area contributed by atoms with E-state index in [0.717, 1.165) is 23.8 Å². The second-order valence-electron chi connectivity index (χ2n) is 4.47. The first kappa shape index (κ1) is 11.6. The minimum absolute atomic E-state index is 0.260. The first-order valence-corrected chi connectivity index (χ1v) is 7.26. The molecule has 0 bridgehead atoms. The Balaban J connectivity index is 1.75. The number of nitrogens with zero attached hydrogens (tertiary/aromatic N) is 3. The number of anilines is 2. The first-order chi connectivity index (χ1) is 8.83. The second-order valence-corrected chi connectivity index (χ2v) is 5.69. The van der Waals surface area contributed by atoms with E-state index in [1.807, 2.05) is 11.8 Å². The van der Waals surface area contributed by atoms with Crippen LogP contribution in [0.3, 0.4) is 0 Å². The number of rotatable bonds is 3. The van der Waals surface area contributed by atoms with Gasteiger partial charge in [0.1, 0.15) is 5.52 Å². The van der Waals surface area contributed by atoms with Crippen LogP contribution in [0, 0.1) is 5.92 Å². The van der Waals surface area contributed by atoms with Crippen molar-refractivity contribution in [3.8, 4) is 0 Å². The quantitative estimate of drug-likeness (QED) is 0.778. The molecule has 0 aliphatic carbocycles. The van der Waals surface area contributed by atoms with Crippen LogP contribution in [-0.2, 0) is 0 Å². The fraction of sp³-hybridized carbons (Fsp3) is 0.545. The monoisotopic (exact) mass is 264 g/mol. The number of nitrogens with one attached hydrogen (secondary N) is 2. The minimum atomic E-state index is 0.260. The summed E-state index contributed by atoms with van der Waals surface area (Å²) in [4.78, 5) is 15.5. The van der Waals surface area contributed by atoms with Crippen molar-refractivity contribution in [1.29, 1.82) is 0 Å². The summed E-state index contributed by atoms with van der Waals surface area (Å²) >= 11 is 2.04. The summed E-state index contributed by atoms with van der Waals surface area (Å²) in [6, 6.07) is 0. The van der Waals surface area contributed by atoms with Gasteiger partial charge in [-0.05, 0) is 30.3 Å². The summed E-state index contributed by atoms with van der Waals surface area (Å²) in [7, 11) is 0. The molecule has 96 valence electrons. The molecule has 6 nitrogen and oxygen atoms in total. The van der Waals surface area contributed by atoms with Gasteiger partial charge in [0.05, 0.1) is 6.33 Å². The molecule has 1 aliphatic heterocycles. The Hall–Kier alpha value is -1.50. The van der Waals surface area contributed by atoms with E-state index in [9.17, 15) is 0 Å². The summed E-state index contributed by atoms with van der Waals surface area (Å²) in [5.74, 6) is 4.26. The van der Waals surface area contributed by atoms with E-state index in [0.29, 0.717) is 5.65 Å². The van der Waals surface area contributed by atoms with Crippen LogP contribution in [0.15, 0.2) is 6.33 Å². The van der Waals surface area contributed by atoms with E-state index in [1.54, 1.807) is 6.33 Å². The van der Waals surface area contributed by atoms with Gasteiger partial charge in [-0.15, -0.1) is 0 Å². The maximum Gasteiger partial charge on any atom is 0.224 e. The molecule has 1 aliphatic rings. The zero-order chi connectivity index (χ0) is 12.4. The summed E-state index contributed by atoms with van der Waals surface area (Å²) in [6.45, 7) is 0.936. The predicted molar refractivity (Wildman–Crippen MR) is 74.6 cm³/mol. The number of fused-ring (bicyclic) bond motifs is 1. The van der Waals surface area contributed by atoms with Gasteiger partial charge < -0.3 is 16.0 Å². The van der Waals surface area contributed by atoms with Gasteiger partial charge in [0.25, 0.3) is 0 Å². The van der Waals surface area contributed by atoms with Crippen LogP contribution in [0.1, 0.15) is 12.8 Å². The molecule has 2 aromatic rings. The average Bonchev–Trinajstić information content (AvgIpc) is 2.85. The summed E-state index contributed by atoms with van der Waals surface area (Å²) in [5, 5.41) is 3.37. The smallest absolute Gasteiger partial charge is 0.224 e. The highest BCUT2D eigenvalue weighted by atomic mass is 32.2.